The van der Waals surface area contributed by atoms with Gasteiger partial charge in [0.1, 0.15) is 5.69 Å². The Morgan fingerprint density at radius 3 is 2.46 bits per heavy atom. The topological polar surface area (TPSA) is 95.2 Å². The van der Waals surface area contributed by atoms with Crippen molar-refractivity contribution in [2.24, 2.45) is 7.05 Å². The molecule has 2 aromatic heterocycles. The van der Waals surface area contributed by atoms with E-state index in [9.17, 15) is 14.4 Å². The lowest BCUT2D eigenvalue weighted by Gasteiger charge is -2.05. The number of ether oxygens (including phenoxy) is 1. The molecule has 176 valence electrons. The number of para-hydroxylation sites is 1. The minimum Gasteiger partial charge on any atom is -0.452 e. The second-order valence-electron chi connectivity index (χ2n) is 7.54. The summed E-state index contributed by atoms with van der Waals surface area (Å²) in [5.74, 6) is -2.03. The van der Waals surface area contributed by atoms with Gasteiger partial charge in [-0.1, -0.05) is 41.9 Å². The molecule has 2 aromatic carbocycles. The summed E-state index contributed by atoms with van der Waals surface area (Å²) < 4.78 is 8.27. The second-order valence-corrected chi connectivity index (χ2v) is 7.98. The van der Waals surface area contributed by atoms with Crippen molar-refractivity contribution in [3.05, 3.63) is 101 Å². The number of halogens is 1. The molecule has 0 aliphatic heterocycles. The molecule has 9 heteroatoms. The van der Waals surface area contributed by atoms with Crippen molar-refractivity contribution in [2.75, 3.05) is 6.61 Å². The van der Waals surface area contributed by atoms with Crippen molar-refractivity contribution in [3.8, 4) is 16.9 Å². The molecule has 4 rings (SSSR count). The van der Waals surface area contributed by atoms with Crippen LogP contribution in [0, 0.1) is 0 Å². The van der Waals surface area contributed by atoms with Crippen molar-refractivity contribution in [1.82, 2.24) is 19.7 Å². The van der Waals surface area contributed by atoms with E-state index in [1.54, 1.807) is 59.0 Å². The van der Waals surface area contributed by atoms with Gasteiger partial charge in [-0.25, -0.2) is 9.48 Å². The Labute approximate surface area is 206 Å². The highest BCUT2D eigenvalue weighted by atomic mass is 35.5. The van der Waals surface area contributed by atoms with Gasteiger partial charge in [0.2, 0.25) is 0 Å². The lowest BCUT2D eigenvalue weighted by atomic mass is 10.1. The number of rotatable bonds is 7. The molecule has 0 atom stereocenters. The number of hydrogen-bond acceptors (Lipinski definition) is 5. The van der Waals surface area contributed by atoms with Crippen molar-refractivity contribution < 1.29 is 19.1 Å². The van der Waals surface area contributed by atoms with Crippen molar-refractivity contribution in [2.45, 2.75) is 0 Å². The van der Waals surface area contributed by atoms with Crippen LogP contribution in [0.4, 0.5) is 0 Å². The van der Waals surface area contributed by atoms with Crippen LogP contribution < -0.4 is 5.32 Å². The van der Waals surface area contributed by atoms with Gasteiger partial charge in [0.25, 0.3) is 11.8 Å². The van der Waals surface area contributed by atoms with Crippen LogP contribution in [0.5, 0.6) is 0 Å². The zero-order valence-electron chi connectivity index (χ0n) is 18.7. The zero-order chi connectivity index (χ0) is 24.8. The number of aromatic nitrogens is 3. The summed E-state index contributed by atoms with van der Waals surface area (Å²) in [6.45, 7) is -0.591. The molecule has 1 N–H and O–H groups in total. The van der Waals surface area contributed by atoms with Crippen LogP contribution in [-0.2, 0) is 21.4 Å². The van der Waals surface area contributed by atoms with E-state index in [-0.39, 0.29) is 0 Å². The number of carbonyl (C=O) groups excluding carboxylic acids is 3. The van der Waals surface area contributed by atoms with Crippen LogP contribution in [-0.4, -0.2) is 38.7 Å². The second kappa shape index (κ2) is 10.7. The molecule has 0 bridgehead atoms. The fraction of sp³-hybridized carbons (Fsp3) is 0.0769. The summed E-state index contributed by atoms with van der Waals surface area (Å²) in [4.78, 5) is 36.3. The number of amides is 2. The van der Waals surface area contributed by atoms with Crippen LogP contribution in [0.25, 0.3) is 23.0 Å². The normalized spacial score (nSPS) is 10.9. The molecule has 35 heavy (non-hydrogen) atoms. The maximum absolute atomic E-state index is 12.2. The van der Waals surface area contributed by atoms with Gasteiger partial charge in [-0.15, -0.1) is 0 Å². The summed E-state index contributed by atoms with van der Waals surface area (Å²) in [7, 11) is 1.68. The first-order chi connectivity index (χ1) is 16.9. The van der Waals surface area contributed by atoms with Crippen LogP contribution in [0.1, 0.15) is 16.1 Å². The lowest BCUT2D eigenvalue weighted by Crippen LogP contribution is -2.34. The molecule has 0 spiro atoms. The summed E-state index contributed by atoms with van der Waals surface area (Å²) in [5.41, 5.74) is 3.28. The fourth-order valence-electron chi connectivity index (χ4n) is 3.32. The van der Waals surface area contributed by atoms with E-state index in [4.69, 9.17) is 16.3 Å². The molecule has 0 fully saturated rings. The Kier molecular flexibility index (Phi) is 7.23. The first kappa shape index (κ1) is 23.7. The maximum Gasteiger partial charge on any atom is 0.331 e. The molecule has 8 nitrogen and oxygen atoms in total. The molecule has 0 aliphatic rings. The minimum atomic E-state index is -0.735. The van der Waals surface area contributed by atoms with Crippen LogP contribution in [0.15, 0.2) is 85.2 Å². The van der Waals surface area contributed by atoms with Crippen molar-refractivity contribution >= 4 is 35.5 Å². The van der Waals surface area contributed by atoms with Crippen LogP contribution in [0.3, 0.4) is 0 Å². The number of nitrogens with zero attached hydrogens (tertiary/aromatic N) is 3. The third kappa shape index (κ3) is 5.93. The van der Waals surface area contributed by atoms with E-state index in [2.05, 4.69) is 10.4 Å². The van der Waals surface area contributed by atoms with Gasteiger partial charge < -0.3 is 9.30 Å². The molecule has 2 heterocycles. The predicted molar refractivity (Wildman–Crippen MR) is 132 cm³/mol. The number of imide groups is 1. The molecule has 4 aromatic rings. The van der Waals surface area contributed by atoms with Gasteiger partial charge in [0.15, 0.2) is 6.61 Å². The van der Waals surface area contributed by atoms with Crippen LogP contribution in [0.2, 0.25) is 5.02 Å². The van der Waals surface area contributed by atoms with E-state index >= 15 is 0 Å². The highest BCUT2D eigenvalue weighted by molar-refractivity contribution is 6.30. The Hall–Kier alpha value is -4.43. The Bertz CT molecular complexity index is 1390. The molecule has 0 radical (unpaired) electrons. The smallest absolute Gasteiger partial charge is 0.331 e. The number of hydrogen-bond donors (Lipinski definition) is 1. The first-order valence-electron chi connectivity index (χ1n) is 10.6. The molecular formula is C26H21ClN4O4. The van der Waals surface area contributed by atoms with E-state index < -0.39 is 24.4 Å². The van der Waals surface area contributed by atoms with E-state index in [1.807, 2.05) is 42.5 Å². The van der Waals surface area contributed by atoms with Gasteiger partial charge in [0, 0.05) is 41.7 Å². The Morgan fingerprint density at radius 1 is 1.03 bits per heavy atom. The summed E-state index contributed by atoms with van der Waals surface area (Å²) in [6, 6.07) is 20.0. The van der Waals surface area contributed by atoms with Gasteiger partial charge in [-0.2, -0.15) is 5.10 Å². The monoisotopic (exact) mass is 488 g/mol. The number of esters is 1. The molecule has 0 aliphatic carbocycles. The van der Waals surface area contributed by atoms with Gasteiger partial charge in [-0.05, 0) is 42.5 Å². The van der Waals surface area contributed by atoms with E-state index in [0.717, 1.165) is 11.3 Å². The third-order valence-corrected chi connectivity index (χ3v) is 5.31. The Morgan fingerprint density at radius 2 is 1.77 bits per heavy atom. The molecule has 0 saturated carbocycles. The highest BCUT2D eigenvalue weighted by Crippen LogP contribution is 2.26. The SMILES string of the molecule is Cn1cccc1C(=O)NC(=O)COC(=O)/C=C/c1cn(-c2ccccc2)nc1-c1ccc(Cl)cc1. The molecule has 0 saturated heterocycles. The molecule has 0 unspecified atom stereocenters. The van der Waals surface area contributed by atoms with Crippen LogP contribution >= 0.6 is 11.6 Å². The molecular weight excluding hydrogens is 468 g/mol. The average Bonchev–Trinajstić information content (AvgIpc) is 3.49. The van der Waals surface area contributed by atoms with E-state index in [0.29, 0.717) is 22.0 Å². The predicted octanol–water partition coefficient (Wildman–Crippen LogP) is 4.04. The summed E-state index contributed by atoms with van der Waals surface area (Å²) >= 11 is 6.02. The number of carbonyl (C=O) groups is 3. The third-order valence-electron chi connectivity index (χ3n) is 5.05. The molecule has 2 amide bonds. The average molecular weight is 489 g/mol. The van der Waals surface area contributed by atoms with Crippen molar-refractivity contribution in [1.29, 1.82) is 0 Å². The number of nitrogens with one attached hydrogen (secondary N) is 1. The fourth-order valence-corrected chi connectivity index (χ4v) is 3.45. The largest absolute Gasteiger partial charge is 0.452 e. The minimum absolute atomic E-state index is 0.315. The van der Waals surface area contributed by atoms with Gasteiger partial charge in [0.05, 0.1) is 11.4 Å². The lowest BCUT2D eigenvalue weighted by molar-refractivity contribution is -0.143. The zero-order valence-corrected chi connectivity index (χ0v) is 19.5. The highest BCUT2D eigenvalue weighted by Gasteiger charge is 2.15. The number of benzene rings is 2. The summed E-state index contributed by atoms with van der Waals surface area (Å²) in [6.07, 6.45) is 6.24. The van der Waals surface area contributed by atoms with Gasteiger partial charge in [-0.3, -0.25) is 14.9 Å². The van der Waals surface area contributed by atoms with Gasteiger partial charge >= 0.3 is 5.97 Å². The van der Waals surface area contributed by atoms with Crippen molar-refractivity contribution in [3.63, 3.8) is 0 Å². The number of aryl methyl sites for hydroxylation is 1. The standard InChI is InChI=1S/C26H21ClN4O4/c1-30-15-5-8-22(30)26(34)28-23(32)17-35-24(33)14-11-19-16-31(21-6-3-2-4-7-21)29-25(19)18-9-12-20(27)13-10-18/h2-16H,17H2,1H3,(H,28,32,34)/b14-11+. The maximum atomic E-state index is 12.2. The quantitative estimate of drug-likeness (QED) is 0.313. The summed E-state index contributed by atoms with van der Waals surface area (Å²) in [5, 5.41) is 7.45. The first-order valence-corrected chi connectivity index (χ1v) is 11.0. The Balaban J connectivity index is 1.45. The van der Waals surface area contributed by atoms with E-state index in [1.165, 1.54) is 6.08 Å².